The Labute approximate surface area is 159 Å². The first-order chi connectivity index (χ1) is 12.8. The first-order valence-electron chi connectivity index (χ1n) is 8.60. The maximum atomic E-state index is 12.6. The zero-order valence-electron chi connectivity index (χ0n) is 14.9. The van der Waals surface area contributed by atoms with Crippen LogP contribution in [-0.2, 0) is 20.0 Å². The minimum absolute atomic E-state index is 0.0938. The van der Waals surface area contributed by atoms with Crippen molar-refractivity contribution in [3.05, 3.63) is 48.2 Å². The maximum absolute atomic E-state index is 12.6. The Morgan fingerprint density at radius 3 is 2.11 bits per heavy atom. The summed E-state index contributed by atoms with van der Waals surface area (Å²) in [5.41, 5.74) is 3.45. The van der Waals surface area contributed by atoms with Crippen molar-refractivity contribution in [3.63, 3.8) is 0 Å². The quantitative estimate of drug-likeness (QED) is 0.704. The molecule has 0 amide bonds. The van der Waals surface area contributed by atoms with Gasteiger partial charge in [0.05, 0.1) is 4.90 Å². The SMILES string of the molecule is Cc1ccc(S(=O)(=O)NNc2ccc(S(=O)(=O)N3CCCCC3)cn2)cc1. The van der Waals surface area contributed by atoms with Crippen LogP contribution >= 0.6 is 0 Å². The summed E-state index contributed by atoms with van der Waals surface area (Å²) < 4.78 is 51.1. The van der Waals surface area contributed by atoms with Crippen LogP contribution in [-0.4, -0.2) is 39.2 Å². The molecule has 2 N–H and O–H groups in total. The zero-order valence-corrected chi connectivity index (χ0v) is 16.6. The molecule has 1 fully saturated rings. The van der Waals surface area contributed by atoms with Crippen molar-refractivity contribution < 1.29 is 16.8 Å². The van der Waals surface area contributed by atoms with Crippen LogP contribution in [0.3, 0.4) is 0 Å². The second-order valence-electron chi connectivity index (χ2n) is 6.39. The Morgan fingerprint density at radius 2 is 1.52 bits per heavy atom. The number of hydrogen-bond donors (Lipinski definition) is 2. The molecule has 0 saturated carbocycles. The van der Waals surface area contributed by atoms with Gasteiger partial charge in [-0.2, -0.15) is 4.31 Å². The van der Waals surface area contributed by atoms with E-state index in [4.69, 9.17) is 0 Å². The van der Waals surface area contributed by atoms with Crippen LogP contribution in [0.4, 0.5) is 5.82 Å². The molecule has 1 aromatic carbocycles. The first kappa shape index (κ1) is 19.7. The zero-order chi connectivity index (χ0) is 19.5. The molecule has 0 radical (unpaired) electrons. The molecule has 1 aliphatic rings. The van der Waals surface area contributed by atoms with E-state index in [9.17, 15) is 16.8 Å². The van der Waals surface area contributed by atoms with E-state index in [0.717, 1.165) is 24.8 Å². The van der Waals surface area contributed by atoms with Gasteiger partial charge in [-0.25, -0.2) is 21.8 Å². The van der Waals surface area contributed by atoms with Crippen molar-refractivity contribution in [1.82, 2.24) is 14.1 Å². The lowest BCUT2D eigenvalue weighted by Gasteiger charge is -2.25. The van der Waals surface area contributed by atoms with Crippen LogP contribution < -0.4 is 10.3 Å². The van der Waals surface area contributed by atoms with Crippen LogP contribution in [0.2, 0.25) is 0 Å². The molecule has 1 saturated heterocycles. The van der Waals surface area contributed by atoms with E-state index in [0.29, 0.717) is 13.1 Å². The van der Waals surface area contributed by atoms with Gasteiger partial charge in [0.2, 0.25) is 10.0 Å². The molecule has 1 aliphatic heterocycles. The normalized spacial score (nSPS) is 16.2. The predicted molar refractivity (Wildman–Crippen MR) is 102 cm³/mol. The minimum atomic E-state index is -3.76. The number of pyridine rings is 1. The number of hydrazine groups is 1. The largest absolute Gasteiger partial charge is 0.292 e. The van der Waals surface area contributed by atoms with Gasteiger partial charge in [-0.15, -0.1) is 4.83 Å². The topological polar surface area (TPSA) is 108 Å². The number of aryl methyl sites for hydroxylation is 1. The molecule has 0 bridgehead atoms. The number of nitrogens with one attached hydrogen (secondary N) is 2. The summed E-state index contributed by atoms with van der Waals surface area (Å²) in [6.45, 7) is 2.89. The number of benzene rings is 1. The first-order valence-corrected chi connectivity index (χ1v) is 11.5. The van der Waals surface area contributed by atoms with Crippen molar-refractivity contribution >= 4 is 25.9 Å². The molecule has 2 aromatic rings. The van der Waals surface area contributed by atoms with Crippen molar-refractivity contribution in [2.75, 3.05) is 18.5 Å². The molecule has 1 aromatic heterocycles. The molecule has 27 heavy (non-hydrogen) atoms. The highest BCUT2D eigenvalue weighted by Gasteiger charge is 2.26. The van der Waals surface area contributed by atoms with Crippen LogP contribution in [0.5, 0.6) is 0 Å². The molecule has 8 nitrogen and oxygen atoms in total. The third-order valence-corrected chi connectivity index (χ3v) is 7.48. The van der Waals surface area contributed by atoms with Crippen LogP contribution in [0.1, 0.15) is 24.8 Å². The van der Waals surface area contributed by atoms with Gasteiger partial charge in [-0.1, -0.05) is 24.1 Å². The Morgan fingerprint density at radius 1 is 0.889 bits per heavy atom. The minimum Gasteiger partial charge on any atom is -0.292 e. The van der Waals surface area contributed by atoms with Gasteiger partial charge in [0.1, 0.15) is 10.7 Å². The van der Waals surface area contributed by atoms with E-state index in [1.54, 1.807) is 12.1 Å². The highest BCUT2D eigenvalue weighted by molar-refractivity contribution is 7.89. The smallest absolute Gasteiger partial charge is 0.257 e. The average Bonchev–Trinajstić information content (AvgIpc) is 2.68. The lowest BCUT2D eigenvalue weighted by molar-refractivity contribution is 0.346. The summed E-state index contributed by atoms with van der Waals surface area (Å²) in [6.07, 6.45) is 3.97. The van der Waals surface area contributed by atoms with Crippen LogP contribution in [0.25, 0.3) is 0 Å². The highest BCUT2D eigenvalue weighted by atomic mass is 32.2. The van der Waals surface area contributed by atoms with E-state index in [-0.39, 0.29) is 15.6 Å². The summed E-state index contributed by atoms with van der Waals surface area (Å²) in [4.78, 5) is 6.45. The van der Waals surface area contributed by atoms with Gasteiger partial charge in [-0.05, 0) is 44.0 Å². The summed E-state index contributed by atoms with van der Waals surface area (Å²) in [7, 11) is -7.32. The van der Waals surface area contributed by atoms with E-state index >= 15 is 0 Å². The molecular weight excluding hydrogens is 388 g/mol. The molecule has 146 valence electrons. The van der Waals surface area contributed by atoms with E-state index in [1.165, 1.54) is 34.8 Å². The Hall–Kier alpha value is -2.01. The molecule has 0 aliphatic carbocycles. The Bertz CT molecular complexity index is 982. The molecule has 10 heteroatoms. The number of anilines is 1. The number of hydrogen-bond acceptors (Lipinski definition) is 6. The lowest BCUT2D eigenvalue weighted by Crippen LogP contribution is -2.35. The average molecular weight is 411 g/mol. The van der Waals surface area contributed by atoms with Crippen molar-refractivity contribution in [2.24, 2.45) is 0 Å². The van der Waals surface area contributed by atoms with E-state index < -0.39 is 20.0 Å². The fraction of sp³-hybridized carbons (Fsp3) is 0.353. The van der Waals surface area contributed by atoms with Gasteiger partial charge in [0.15, 0.2) is 0 Å². The molecule has 2 heterocycles. The predicted octanol–water partition coefficient (Wildman–Crippen LogP) is 1.87. The van der Waals surface area contributed by atoms with Gasteiger partial charge in [0.25, 0.3) is 10.0 Å². The number of nitrogens with zero attached hydrogens (tertiary/aromatic N) is 2. The van der Waals surface area contributed by atoms with Crippen molar-refractivity contribution in [1.29, 1.82) is 0 Å². The standard InChI is InChI=1S/C17H22N4O4S2/c1-14-5-7-15(8-6-14)26(22,23)20-19-17-10-9-16(13-18-17)27(24,25)21-11-3-2-4-12-21/h5-10,13,20H,2-4,11-12H2,1H3,(H,18,19). The van der Waals surface area contributed by atoms with Gasteiger partial charge in [0, 0.05) is 19.3 Å². The van der Waals surface area contributed by atoms with Crippen LogP contribution in [0, 0.1) is 6.92 Å². The summed E-state index contributed by atoms with van der Waals surface area (Å²) in [5.74, 6) is 0.197. The number of piperidine rings is 1. The fourth-order valence-electron chi connectivity index (χ4n) is 2.76. The summed E-state index contributed by atoms with van der Waals surface area (Å²) >= 11 is 0. The van der Waals surface area contributed by atoms with Crippen molar-refractivity contribution in [2.45, 2.75) is 36.0 Å². The van der Waals surface area contributed by atoms with Gasteiger partial charge < -0.3 is 0 Å². The second kappa shape index (κ2) is 7.93. The number of sulfonamides is 2. The Kier molecular flexibility index (Phi) is 5.80. The number of rotatable bonds is 6. The highest BCUT2D eigenvalue weighted by Crippen LogP contribution is 2.20. The second-order valence-corrected chi connectivity index (χ2v) is 10.0. The third kappa shape index (κ3) is 4.64. The molecular formula is C17H22N4O4S2. The Balaban J connectivity index is 1.68. The maximum Gasteiger partial charge on any atom is 0.257 e. The fourth-order valence-corrected chi connectivity index (χ4v) is 5.07. The molecule has 0 atom stereocenters. The lowest BCUT2D eigenvalue weighted by atomic mass is 10.2. The van der Waals surface area contributed by atoms with Gasteiger partial charge in [-0.3, -0.25) is 5.43 Å². The number of aromatic nitrogens is 1. The van der Waals surface area contributed by atoms with Crippen molar-refractivity contribution in [3.8, 4) is 0 Å². The van der Waals surface area contributed by atoms with E-state index in [2.05, 4.69) is 15.2 Å². The van der Waals surface area contributed by atoms with Crippen LogP contribution in [0.15, 0.2) is 52.4 Å². The molecule has 0 spiro atoms. The van der Waals surface area contributed by atoms with E-state index in [1.807, 2.05) is 6.92 Å². The van der Waals surface area contributed by atoms with Gasteiger partial charge >= 0.3 is 0 Å². The monoisotopic (exact) mass is 410 g/mol. The summed E-state index contributed by atoms with van der Waals surface area (Å²) in [5, 5.41) is 0. The molecule has 0 unspecified atom stereocenters. The summed E-state index contributed by atoms with van der Waals surface area (Å²) in [6, 6.07) is 9.25. The molecule has 3 rings (SSSR count). The third-order valence-electron chi connectivity index (χ3n) is 4.33.